The Morgan fingerprint density at radius 1 is 1.14 bits per heavy atom. The van der Waals surface area contributed by atoms with Gasteiger partial charge in [0.05, 0.1) is 5.57 Å². The zero-order chi connectivity index (χ0) is 28.5. The van der Waals surface area contributed by atoms with E-state index in [-0.39, 0.29) is 5.91 Å². The van der Waals surface area contributed by atoms with Crippen molar-refractivity contribution in [3.05, 3.63) is 72.1 Å². The number of thioether (sulfide) groups is 1. The molecule has 0 atom stereocenters. The van der Waals surface area contributed by atoms with E-state index < -0.39 is 23.3 Å². The molecule has 1 spiro atoms. The summed E-state index contributed by atoms with van der Waals surface area (Å²) in [5.74, 6) is -0.249. The lowest BCUT2D eigenvalue weighted by molar-refractivity contribution is -0.125. The van der Waals surface area contributed by atoms with Gasteiger partial charge in [-0.3, -0.25) is 10.1 Å². The van der Waals surface area contributed by atoms with Crippen LogP contribution in [-0.4, -0.2) is 61.3 Å². The second-order valence-corrected chi connectivity index (χ2v) is 9.25. The van der Waals surface area contributed by atoms with E-state index in [1.54, 1.807) is 12.2 Å². The highest BCUT2D eigenvalue weighted by Crippen LogP contribution is 2.29. The number of hydrogen-bond donors (Lipinski definition) is 3. The third-order valence-electron chi connectivity index (χ3n) is 5.34. The zero-order valence-electron chi connectivity index (χ0n) is 22.2. The van der Waals surface area contributed by atoms with Gasteiger partial charge in [0.2, 0.25) is 0 Å². The number of nitrogens with one attached hydrogen (secondary N) is 3. The fraction of sp³-hybridized carbons (Fsp3) is 0.481. The molecule has 0 radical (unpaired) electrons. The van der Waals surface area contributed by atoms with Crippen LogP contribution in [0.25, 0.3) is 0 Å². The number of imide groups is 1. The van der Waals surface area contributed by atoms with Gasteiger partial charge in [0.1, 0.15) is 5.54 Å². The molecule has 0 aliphatic carbocycles. The van der Waals surface area contributed by atoms with E-state index in [0.29, 0.717) is 48.8 Å². The average molecular weight is 543 g/mol. The lowest BCUT2D eigenvalue weighted by Gasteiger charge is -2.36. The average Bonchev–Trinajstić information content (AvgIpc) is 3.13. The molecule has 6 nitrogen and oxygen atoms in total. The Kier molecular flexibility index (Phi) is 16.6. The highest BCUT2D eigenvalue weighted by molar-refractivity contribution is 8.06. The molecule has 2 aliphatic rings. The molecule has 208 valence electrons. The molecule has 0 aromatic rings. The topological polar surface area (TPSA) is 73.5 Å². The van der Waals surface area contributed by atoms with Gasteiger partial charge in [0.15, 0.2) is 0 Å². The fourth-order valence-corrected chi connectivity index (χ4v) is 4.21. The maximum atomic E-state index is 12.9. The number of amides is 3. The van der Waals surface area contributed by atoms with E-state index in [9.17, 15) is 22.8 Å². The van der Waals surface area contributed by atoms with E-state index >= 15 is 0 Å². The summed E-state index contributed by atoms with van der Waals surface area (Å²) < 4.78 is 38.7. The molecule has 2 fully saturated rings. The normalized spacial score (nSPS) is 17.5. The number of rotatable bonds is 11. The van der Waals surface area contributed by atoms with Gasteiger partial charge >= 0.3 is 12.2 Å². The highest BCUT2D eigenvalue weighted by Gasteiger charge is 2.47. The first-order valence-corrected chi connectivity index (χ1v) is 13.1. The number of alkyl halides is 3. The monoisotopic (exact) mass is 542 g/mol. The van der Waals surface area contributed by atoms with Crippen molar-refractivity contribution in [3.8, 4) is 0 Å². The van der Waals surface area contributed by atoms with Crippen LogP contribution in [0.2, 0.25) is 0 Å². The minimum atomic E-state index is -4.45. The highest BCUT2D eigenvalue weighted by atomic mass is 32.2. The van der Waals surface area contributed by atoms with Crippen molar-refractivity contribution in [2.75, 3.05) is 32.7 Å². The van der Waals surface area contributed by atoms with E-state index in [1.165, 1.54) is 17.8 Å². The van der Waals surface area contributed by atoms with Crippen LogP contribution < -0.4 is 16.0 Å². The van der Waals surface area contributed by atoms with Crippen molar-refractivity contribution < 1.29 is 22.8 Å². The van der Waals surface area contributed by atoms with Gasteiger partial charge in [-0.1, -0.05) is 69.7 Å². The van der Waals surface area contributed by atoms with Crippen LogP contribution in [0.1, 0.15) is 40.0 Å². The van der Waals surface area contributed by atoms with Crippen molar-refractivity contribution in [2.45, 2.75) is 51.7 Å². The van der Waals surface area contributed by atoms with Crippen LogP contribution in [0.4, 0.5) is 18.0 Å². The molecule has 37 heavy (non-hydrogen) atoms. The molecule has 3 N–H and O–H groups in total. The molecule has 2 saturated heterocycles. The Morgan fingerprint density at radius 2 is 1.73 bits per heavy atom. The summed E-state index contributed by atoms with van der Waals surface area (Å²) in [6, 6.07) is -0.432. The number of nitrogens with zero attached hydrogens (tertiary/aromatic N) is 1. The van der Waals surface area contributed by atoms with Gasteiger partial charge in [-0.05, 0) is 45.4 Å². The standard InChI is InChI=1S/C22H29F3N4O2S.C3H6.C2H6/c1-4-16(3)32-18(8-7-17(5-2)22(23,24)25)15-26-11-6-12-29-13-9-21(10-14-29)19(30)27-20(31)28-21;1-3-2;1-2/h4-5,7-8,26H,1-3,6,9-15H2,(H2,27,28,30,31);3H,1H2,2H3;1-2H3/b17-7+,18-8+;;. The van der Waals surface area contributed by atoms with Crippen LogP contribution in [0.3, 0.4) is 0 Å². The summed E-state index contributed by atoms with van der Waals surface area (Å²) in [5.41, 5.74) is -1.58. The van der Waals surface area contributed by atoms with Gasteiger partial charge in [0.25, 0.3) is 5.91 Å². The summed E-state index contributed by atoms with van der Waals surface area (Å²) in [6.45, 7) is 23.2. The minimum absolute atomic E-state index is 0.249. The number of likely N-dealkylation sites (tertiary alicyclic amines) is 1. The first-order valence-electron chi connectivity index (χ1n) is 12.2. The smallest absolute Gasteiger partial charge is 0.323 e. The molecular weight excluding hydrogens is 501 g/mol. The number of urea groups is 1. The van der Waals surface area contributed by atoms with Crippen LogP contribution in [0, 0.1) is 0 Å². The molecule has 3 amide bonds. The number of allylic oxidation sites excluding steroid dienone is 6. The predicted octanol–water partition coefficient (Wildman–Crippen LogP) is 5.85. The molecular formula is C27H41F3N4O2S. The molecule has 0 aromatic carbocycles. The summed E-state index contributed by atoms with van der Waals surface area (Å²) in [7, 11) is 0. The summed E-state index contributed by atoms with van der Waals surface area (Å²) in [4.78, 5) is 26.9. The molecule has 0 bridgehead atoms. The number of hydrogen-bond acceptors (Lipinski definition) is 5. The van der Waals surface area contributed by atoms with Gasteiger partial charge < -0.3 is 15.5 Å². The van der Waals surface area contributed by atoms with Crippen LogP contribution >= 0.6 is 11.8 Å². The quantitative estimate of drug-likeness (QED) is 0.132. The van der Waals surface area contributed by atoms with Crippen LogP contribution in [0.15, 0.2) is 72.1 Å². The Morgan fingerprint density at radius 3 is 2.19 bits per heavy atom. The van der Waals surface area contributed by atoms with E-state index in [0.717, 1.165) is 25.1 Å². The third-order valence-corrected chi connectivity index (χ3v) is 6.31. The molecule has 0 unspecified atom stereocenters. The predicted molar refractivity (Wildman–Crippen MR) is 149 cm³/mol. The lowest BCUT2D eigenvalue weighted by atomic mass is 9.88. The molecule has 0 aromatic heterocycles. The lowest BCUT2D eigenvalue weighted by Crippen LogP contribution is -2.54. The Labute approximate surface area is 223 Å². The van der Waals surface area contributed by atoms with Crippen molar-refractivity contribution in [3.63, 3.8) is 0 Å². The van der Waals surface area contributed by atoms with E-state index in [2.05, 4.69) is 47.2 Å². The maximum Gasteiger partial charge on any atom is 0.416 e. The zero-order valence-corrected chi connectivity index (χ0v) is 23.0. The Balaban J connectivity index is 0.00000241. The molecule has 0 saturated carbocycles. The van der Waals surface area contributed by atoms with Gasteiger partial charge in [-0.2, -0.15) is 13.2 Å². The fourth-order valence-electron chi connectivity index (χ4n) is 3.48. The van der Waals surface area contributed by atoms with Crippen molar-refractivity contribution in [1.82, 2.24) is 20.9 Å². The third kappa shape index (κ3) is 12.5. The summed E-state index contributed by atoms with van der Waals surface area (Å²) in [6.07, 6.45) is 4.05. The molecule has 10 heteroatoms. The van der Waals surface area contributed by atoms with Crippen molar-refractivity contribution in [1.29, 1.82) is 0 Å². The second-order valence-electron chi connectivity index (χ2n) is 8.00. The summed E-state index contributed by atoms with van der Waals surface area (Å²) in [5, 5.41) is 8.29. The summed E-state index contributed by atoms with van der Waals surface area (Å²) >= 11 is 1.26. The molecule has 2 heterocycles. The van der Waals surface area contributed by atoms with E-state index in [1.807, 2.05) is 20.8 Å². The van der Waals surface area contributed by atoms with E-state index in [4.69, 9.17) is 0 Å². The van der Waals surface area contributed by atoms with Crippen molar-refractivity contribution >= 4 is 23.7 Å². The Bertz CT molecular complexity index is 858. The number of piperidine rings is 1. The Hall–Kier alpha value is -2.56. The second kappa shape index (κ2) is 17.8. The molecule has 2 aliphatic heterocycles. The van der Waals surface area contributed by atoms with Crippen molar-refractivity contribution in [2.24, 2.45) is 0 Å². The van der Waals surface area contributed by atoms with Gasteiger partial charge in [-0.25, -0.2) is 4.79 Å². The van der Waals surface area contributed by atoms with Gasteiger partial charge in [-0.15, -0.1) is 6.58 Å². The number of carbonyl (C=O) groups is 2. The number of carbonyl (C=O) groups excluding carboxylic acids is 2. The largest absolute Gasteiger partial charge is 0.416 e. The SMILES string of the molecule is C=CC.C=CC(=C)S/C(=C/C=C(\C=C)C(F)(F)F)CNCCCN1CCC2(CC1)NC(=O)NC2=O.CC. The first-order chi connectivity index (χ1) is 17.5. The van der Waals surface area contributed by atoms with Crippen LogP contribution in [0.5, 0.6) is 0 Å². The molecule has 2 rings (SSSR count). The maximum absolute atomic E-state index is 12.9. The van der Waals surface area contributed by atoms with Crippen LogP contribution in [-0.2, 0) is 4.79 Å². The first kappa shape index (κ1) is 34.4. The number of halogens is 3. The van der Waals surface area contributed by atoms with Gasteiger partial charge in [0, 0.05) is 29.4 Å². The minimum Gasteiger partial charge on any atom is -0.323 e.